The van der Waals surface area contributed by atoms with Crippen molar-refractivity contribution in [1.82, 2.24) is 9.21 Å². The molecule has 4 rings (SSSR count). The number of carbonyl (C=O) groups excluding carboxylic acids is 2. The summed E-state index contributed by atoms with van der Waals surface area (Å²) in [6.45, 7) is 2.30. The van der Waals surface area contributed by atoms with E-state index in [1.807, 2.05) is 0 Å². The predicted octanol–water partition coefficient (Wildman–Crippen LogP) is 3.61. The third kappa shape index (κ3) is 4.46. The third-order valence-corrected chi connectivity index (χ3v) is 8.06. The number of rotatable bonds is 5. The van der Waals surface area contributed by atoms with E-state index < -0.39 is 15.9 Å². The average Bonchev–Trinajstić information content (AvgIpc) is 3.48. The van der Waals surface area contributed by atoms with Crippen LogP contribution in [-0.2, 0) is 10.0 Å². The molecular formula is C22H24ClN3O4S. The van der Waals surface area contributed by atoms with Crippen molar-refractivity contribution in [1.29, 1.82) is 0 Å². The van der Waals surface area contributed by atoms with E-state index in [4.69, 9.17) is 11.6 Å². The molecule has 0 unspecified atom stereocenters. The second-order valence-electron chi connectivity index (χ2n) is 7.76. The van der Waals surface area contributed by atoms with Crippen LogP contribution in [-0.4, -0.2) is 55.6 Å². The first-order valence-corrected chi connectivity index (χ1v) is 12.2. The molecule has 7 nitrogen and oxygen atoms in total. The van der Waals surface area contributed by atoms with Gasteiger partial charge in [0.15, 0.2) is 0 Å². The maximum absolute atomic E-state index is 12.9. The Morgan fingerprint density at radius 2 is 1.55 bits per heavy atom. The van der Waals surface area contributed by atoms with Crippen molar-refractivity contribution in [3.8, 4) is 0 Å². The maximum atomic E-state index is 12.9. The molecule has 0 atom stereocenters. The molecule has 2 amide bonds. The number of halogens is 1. The van der Waals surface area contributed by atoms with Gasteiger partial charge in [0.1, 0.15) is 4.90 Å². The number of anilines is 1. The topological polar surface area (TPSA) is 86.8 Å². The Labute approximate surface area is 187 Å². The van der Waals surface area contributed by atoms with Crippen LogP contribution in [0, 0.1) is 0 Å². The van der Waals surface area contributed by atoms with E-state index >= 15 is 0 Å². The van der Waals surface area contributed by atoms with E-state index in [1.54, 1.807) is 29.2 Å². The van der Waals surface area contributed by atoms with Gasteiger partial charge in [0.25, 0.3) is 11.8 Å². The molecule has 0 spiro atoms. The molecule has 2 aromatic rings. The SMILES string of the molecule is O=C(Nc1ccccc1C(=O)N1CCCC1)c1ccc(Cl)c(S(=O)(=O)N2CCCC2)c1. The van der Waals surface area contributed by atoms with Crippen molar-refractivity contribution in [2.24, 2.45) is 0 Å². The van der Waals surface area contributed by atoms with Crippen molar-refractivity contribution in [3.63, 3.8) is 0 Å². The minimum Gasteiger partial charge on any atom is -0.339 e. The lowest BCUT2D eigenvalue weighted by atomic mass is 10.1. The fourth-order valence-electron chi connectivity index (χ4n) is 3.97. The molecule has 2 aromatic carbocycles. The van der Waals surface area contributed by atoms with Gasteiger partial charge in [-0.3, -0.25) is 9.59 Å². The highest BCUT2D eigenvalue weighted by molar-refractivity contribution is 7.89. The molecule has 0 radical (unpaired) electrons. The summed E-state index contributed by atoms with van der Waals surface area (Å²) in [5, 5.41) is 2.84. The Morgan fingerprint density at radius 1 is 0.903 bits per heavy atom. The van der Waals surface area contributed by atoms with Crippen molar-refractivity contribution >= 4 is 39.1 Å². The predicted molar refractivity (Wildman–Crippen MR) is 119 cm³/mol. The zero-order valence-electron chi connectivity index (χ0n) is 17.0. The molecule has 0 aliphatic carbocycles. The molecule has 2 saturated heterocycles. The number of hydrogen-bond donors (Lipinski definition) is 1. The lowest BCUT2D eigenvalue weighted by Crippen LogP contribution is -2.29. The molecular weight excluding hydrogens is 438 g/mol. The number of benzene rings is 2. The van der Waals surface area contributed by atoms with Crippen LogP contribution < -0.4 is 5.32 Å². The summed E-state index contributed by atoms with van der Waals surface area (Å²) in [6, 6.07) is 11.0. The first-order valence-electron chi connectivity index (χ1n) is 10.4. The minimum atomic E-state index is -3.77. The van der Waals surface area contributed by atoms with Crippen LogP contribution in [0.25, 0.3) is 0 Å². The van der Waals surface area contributed by atoms with E-state index in [0.717, 1.165) is 25.7 Å². The Morgan fingerprint density at radius 3 is 2.26 bits per heavy atom. The molecule has 0 aromatic heterocycles. The number of hydrogen-bond acceptors (Lipinski definition) is 4. The van der Waals surface area contributed by atoms with Crippen LogP contribution in [0.15, 0.2) is 47.4 Å². The fraction of sp³-hybridized carbons (Fsp3) is 0.364. The summed E-state index contributed by atoms with van der Waals surface area (Å²) >= 11 is 6.18. The summed E-state index contributed by atoms with van der Waals surface area (Å²) in [6.07, 6.45) is 3.55. The second kappa shape index (κ2) is 8.98. The molecule has 2 heterocycles. The van der Waals surface area contributed by atoms with Crippen LogP contribution in [0.4, 0.5) is 5.69 Å². The minimum absolute atomic E-state index is 0.0769. The average molecular weight is 462 g/mol. The summed E-state index contributed by atoms with van der Waals surface area (Å²) in [5.74, 6) is -0.627. The fourth-order valence-corrected chi connectivity index (χ4v) is 5.99. The van der Waals surface area contributed by atoms with Crippen molar-refractivity contribution in [3.05, 3.63) is 58.6 Å². The molecule has 164 valence electrons. The van der Waals surface area contributed by atoms with Gasteiger partial charge in [-0.05, 0) is 56.0 Å². The monoisotopic (exact) mass is 461 g/mol. The smallest absolute Gasteiger partial charge is 0.255 e. The van der Waals surface area contributed by atoms with Crippen molar-refractivity contribution in [2.75, 3.05) is 31.5 Å². The van der Waals surface area contributed by atoms with Crippen LogP contribution in [0.1, 0.15) is 46.4 Å². The molecule has 2 aliphatic heterocycles. The van der Waals surface area contributed by atoms with Gasteiger partial charge >= 0.3 is 0 Å². The van der Waals surface area contributed by atoms with Crippen LogP contribution in [0.5, 0.6) is 0 Å². The second-order valence-corrected chi connectivity index (χ2v) is 10.1. The van der Waals surface area contributed by atoms with E-state index in [1.165, 1.54) is 22.5 Å². The van der Waals surface area contributed by atoms with Gasteiger partial charge in [-0.25, -0.2) is 8.42 Å². The number of sulfonamides is 1. The molecule has 2 fully saturated rings. The first kappa shape index (κ1) is 21.8. The summed E-state index contributed by atoms with van der Waals surface area (Å²) in [5.41, 5.74) is 0.963. The molecule has 0 bridgehead atoms. The van der Waals surface area contributed by atoms with Gasteiger partial charge in [-0.2, -0.15) is 4.31 Å². The third-order valence-electron chi connectivity index (χ3n) is 5.68. The van der Waals surface area contributed by atoms with E-state index in [0.29, 0.717) is 37.4 Å². The van der Waals surface area contributed by atoms with E-state index in [-0.39, 0.29) is 21.4 Å². The van der Waals surface area contributed by atoms with Crippen molar-refractivity contribution < 1.29 is 18.0 Å². The molecule has 31 heavy (non-hydrogen) atoms. The van der Waals surface area contributed by atoms with Crippen LogP contribution in [0.2, 0.25) is 5.02 Å². The maximum Gasteiger partial charge on any atom is 0.255 e. The highest BCUT2D eigenvalue weighted by Crippen LogP contribution is 2.29. The van der Waals surface area contributed by atoms with Crippen LogP contribution in [0.3, 0.4) is 0 Å². The molecule has 9 heteroatoms. The van der Waals surface area contributed by atoms with Crippen molar-refractivity contribution in [2.45, 2.75) is 30.6 Å². The number of nitrogens with one attached hydrogen (secondary N) is 1. The molecule has 2 aliphatic rings. The Hall–Kier alpha value is -2.42. The largest absolute Gasteiger partial charge is 0.339 e. The van der Waals surface area contributed by atoms with Gasteiger partial charge in [-0.15, -0.1) is 0 Å². The Kier molecular flexibility index (Phi) is 6.31. The first-order chi connectivity index (χ1) is 14.9. The van der Waals surface area contributed by atoms with Crippen LogP contribution >= 0.6 is 11.6 Å². The van der Waals surface area contributed by atoms with Gasteiger partial charge in [0.2, 0.25) is 10.0 Å². The lowest BCUT2D eigenvalue weighted by Gasteiger charge is -2.18. The van der Waals surface area contributed by atoms with Gasteiger partial charge in [-0.1, -0.05) is 23.7 Å². The lowest BCUT2D eigenvalue weighted by molar-refractivity contribution is 0.0794. The standard InChI is InChI=1S/C22H24ClN3O4S/c23-18-10-9-16(15-20(18)31(29,30)26-13-5-6-14-26)21(27)24-19-8-2-1-7-17(19)22(28)25-11-3-4-12-25/h1-2,7-10,15H,3-6,11-14H2,(H,24,27). The number of para-hydroxylation sites is 1. The number of nitrogens with zero attached hydrogens (tertiary/aromatic N) is 2. The zero-order valence-corrected chi connectivity index (χ0v) is 18.6. The molecule has 1 N–H and O–H groups in total. The number of likely N-dealkylation sites (tertiary alicyclic amines) is 1. The van der Waals surface area contributed by atoms with Gasteiger partial charge in [0, 0.05) is 31.7 Å². The van der Waals surface area contributed by atoms with Gasteiger partial charge < -0.3 is 10.2 Å². The number of carbonyl (C=O) groups is 2. The molecule has 0 saturated carbocycles. The Bertz CT molecular complexity index is 1110. The quantitative estimate of drug-likeness (QED) is 0.736. The highest BCUT2D eigenvalue weighted by atomic mass is 35.5. The summed E-state index contributed by atoms with van der Waals surface area (Å²) in [4.78, 5) is 27.5. The number of amides is 2. The normalized spacial score (nSPS) is 17.1. The van der Waals surface area contributed by atoms with E-state index in [2.05, 4.69) is 5.32 Å². The zero-order chi connectivity index (χ0) is 22.0. The summed E-state index contributed by atoms with van der Waals surface area (Å²) < 4.78 is 27.3. The van der Waals surface area contributed by atoms with Gasteiger partial charge in [0.05, 0.1) is 16.3 Å². The summed E-state index contributed by atoms with van der Waals surface area (Å²) in [7, 11) is -3.77. The highest BCUT2D eigenvalue weighted by Gasteiger charge is 2.30. The Balaban J connectivity index is 1.60. The van der Waals surface area contributed by atoms with E-state index in [9.17, 15) is 18.0 Å².